The third-order valence-corrected chi connectivity index (χ3v) is 4.88. The Morgan fingerprint density at radius 3 is 2.62 bits per heavy atom. The number of halogens is 1. The number of amides is 1. The number of thiazole rings is 1. The van der Waals surface area contributed by atoms with E-state index in [9.17, 15) is 9.59 Å². The van der Waals surface area contributed by atoms with Crippen LogP contribution in [0.4, 0.5) is 0 Å². The number of imidazole rings is 1. The first-order valence-corrected chi connectivity index (χ1v) is 7.66. The molecule has 0 radical (unpaired) electrons. The Hall–Kier alpha value is -1.99. The predicted molar refractivity (Wildman–Crippen MR) is 84.8 cm³/mol. The van der Waals surface area contributed by atoms with Crippen LogP contribution < -0.4 is 5.73 Å². The van der Waals surface area contributed by atoms with E-state index >= 15 is 0 Å². The van der Waals surface area contributed by atoms with Gasteiger partial charge in [-0.3, -0.25) is 14.0 Å². The number of aromatic nitrogens is 2. The number of carbonyl (C=O) groups is 2. The highest BCUT2D eigenvalue weighted by atomic mass is 79.9. The molecular formula is C14H10BrN3O2S. The lowest BCUT2D eigenvalue weighted by atomic mass is 10.1. The van der Waals surface area contributed by atoms with Crippen molar-refractivity contribution < 1.29 is 9.59 Å². The third-order valence-electron chi connectivity index (χ3n) is 3.19. The van der Waals surface area contributed by atoms with Crippen LogP contribution in [0.3, 0.4) is 0 Å². The molecular weight excluding hydrogens is 354 g/mol. The minimum absolute atomic E-state index is 0.419. The minimum atomic E-state index is -0.509. The standard InChI is InChI=1S/C14H10BrN3O2S/c1-7-12(13(16)20)21-14-17-11(10(6-19)18(7)14)8-2-4-9(15)5-3-8/h2-6H,1H3,(H2,16,20). The highest BCUT2D eigenvalue weighted by molar-refractivity contribution is 9.10. The van der Waals surface area contributed by atoms with E-state index in [1.165, 1.54) is 11.3 Å². The van der Waals surface area contributed by atoms with Gasteiger partial charge >= 0.3 is 0 Å². The number of nitrogens with zero attached hydrogens (tertiary/aromatic N) is 2. The average Bonchev–Trinajstić information content (AvgIpc) is 2.97. The number of rotatable bonds is 3. The molecule has 0 unspecified atom stereocenters. The SMILES string of the molecule is Cc1c(C(N)=O)sc2nc(-c3ccc(Br)cc3)c(C=O)n12. The summed E-state index contributed by atoms with van der Waals surface area (Å²) < 4.78 is 2.63. The first-order valence-electron chi connectivity index (χ1n) is 6.05. The molecule has 21 heavy (non-hydrogen) atoms. The van der Waals surface area contributed by atoms with Crippen molar-refractivity contribution in [3.05, 3.63) is 45.0 Å². The Morgan fingerprint density at radius 1 is 1.38 bits per heavy atom. The Kier molecular flexibility index (Phi) is 3.38. The highest BCUT2D eigenvalue weighted by Crippen LogP contribution is 2.30. The molecule has 0 saturated heterocycles. The number of benzene rings is 1. The Balaban J connectivity index is 2.28. The van der Waals surface area contributed by atoms with E-state index in [2.05, 4.69) is 20.9 Å². The number of primary amides is 1. The fourth-order valence-corrected chi connectivity index (χ4v) is 3.48. The van der Waals surface area contributed by atoms with Crippen LogP contribution in [0.2, 0.25) is 0 Å². The molecule has 1 aromatic carbocycles. The third kappa shape index (κ3) is 2.18. The number of fused-ring (bicyclic) bond motifs is 1. The minimum Gasteiger partial charge on any atom is -0.365 e. The molecule has 0 aliphatic heterocycles. The first kappa shape index (κ1) is 14.0. The van der Waals surface area contributed by atoms with Crippen molar-refractivity contribution in [1.82, 2.24) is 9.38 Å². The van der Waals surface area contributed by atoms with Crippen molar-refractivity contribution in [2.24, 2.45) is 5.73 Å². The normalized spacial score (nSPS) is 11.0. The zero-order valence-electron chi connectivity index (χ0n) is 11.0. The zero-order valence-corrected chi connectivity index (χ0v) is 13.4. The van der Waals surface area contributed by atoms with Crippen molar-refractivity contribution in [3.8, 4) is 11.3 Å². The number of carbonyl (C=O) groups excluding carboxylic acids is 2. The Labute approximate surface area is 132 Å². The smallest absolute Gasteiger partial charge is 0.260 e. The van der Waals surface area contributed by atoms with Crippen LogP contribution in [0.1, 0.15) is 25.9 Å². The largest absolute Gasteiger partial charge is 0.365 e. The Bertz CT molecular complexity index is 865. The average molecular weight is 364 g/mol. The van der Waals surface area contributed by atoms with Gasteiger partial charge in [0.25, 0.3) is 5.91 Å². The molecule has 2 N–H and O–H groups in total. The van der Waals surface area contributed by atoms with Crippen molar-refractivity contribution >= 4 is 44.4 Å². The molecule has 7 heteroatoms. The molecule has 2 heterocycles. The van der Waals surface area contributed by atoms with E-state index in [0.717, 1.165) is 16.3 Å². The zero-order chi connectivity index (χ0) is 15.1. The molecule has 5 nitrogen and oxygen atoms in total. The fourth-order valence-electron chi connectivity index (χ4n) is 2.23. The molecule has 0 spiro atoms. The van der Waals surface area contributed by atoms with Gasteiger partial charge in [0.2, 0.25) is 0 Å². The molecule has 106 valence electrons. The summed E-state index contributed by atoms with van der Waals surface area (Å²) in [5.74, 6) is -0.509. The number of hydrogen-bond acceptors (Lipinski definition) is 4. The van der Waals surface area contributed by atoms with Gasteiger partial charge in [-0.1, -0.05) is 39.4 Å². The van der Waals surface area contributed by atoms with E-state index in [1.807, 2.05) is 24.3 Å². The monoisotopic (exact) mass is 363 g/mol. The van der Waals surface area contributed by atoms with Gasteiger partial charge in [-0.15, -0.1) is 0 Å². The van der Waals surface area contributed by atoms with Crippen LogP contribution in [0.25, 0.3) is 16.2 Å². The van der Waals surface area contributed by atoms with Crippen LogP contribution in [-0.4, -0.2) is 21.6 Å². The van der Waals surface area contributed by atoms with E-state index in [0.29, 0.717) is 26.9 Å². The molecule has 1 amide bonds. The number of hydrogen-bond donors (Lipinski definition) is 1. The van der Waals surface area contributed by atoms with Crippen molar-refractivity contribution in [2.75, 3.05) is 0 Å². The van der Waals surface area contributed by atoms with Gasteiger partial charge in [0, 0.05) is 15.7 Å². The number of nitrogens with two attached hydrogens (primary N) is 1. The van der Waals surface area contributed by atoms with Gasteiger partial charge in [0.15, 0.2) is 11.2 Å². The maximum absolute atomic E-state index is 11.5. The second-order valence-electron chi connectivity index (χ2n) is 4.47. The summed E-state index contributed by atoms with van der Waals surface area (Å²) in [5.41, 5.74) is 7.84. The van der Waals surface area contributed by atoms with Crippen LogP contribution in [0.5, 0.6) is 0 Å². The topological polar surface area (TPSA) is 77.5 Å². The molecule has 3 rings (SSSR count). The van der Waals surface area contributed by atoms with Crippen LogP contribution >= 0.6 is 27.3 Å². The summed E-state index contributed by atoms with van der Waals surface area (Å²) in [5, 5.41) is 0. The molecule has 0 aliphatic rings. The van der Waals surface area contributed by atoms with Crippen LogP contribution in [-0.2, 0) is 0 Å². The lowest BCUT2D eigenvalue weighted by molar-refractivity contribution is 0.100. The van der Waals surface area contributed by atoms with Gasteiger partial charge in [-0.25, -0.2) is 4.98 Å². The lowest BCUT2D eigenvalue weighted by Gasteiger charge is -2.00. The molecule has 0 aliphatic carbocycles. The highest BCUT2D eigenvalue weighted by Gasteiger charge is 2.21. The van der Waals surface area contributed by atoms with Gasteiger partial charge < -0.3 is 5.73 Å². The second-order valence-corrected chi connectivity index (χ2v) is 6.36. The molecule has 0 bridgehead atoms. The quantitative estimate of drug-likeness (QED) is 0.726. The number of aldehydes is 1. The molecule has 0 saturated carbocycles. The van der Waals surface area contributed by atoms with E-state index in [-0.39, 0.29) is 0 Å². The summed E-state index contributed by atoms with van der Waals surface area (Å²) >= 11 is 4.56. The van der Waals surface area contributed by atoms with Crippen molar-refractivity contribution in [2.45, 2.75) is 6.92 Å². The number of aryl methyl sites for hydroxylation is 1. The molecule has 0 atom stereocenters. The lowest BCUT2D eigenvalue weighted by Crippen LogP contribution is -2.11. The maximum atomic E-state index is 11.5. The van der Waals surface area contributed by atoms with Gasteiger partial charge in [0.05, 0.1) is 0 Å². The van der Waals surface area contributed by atoms with E-state index in [1.54, 1.807) is 11.3 Å². The summed E-state index contributed by atoms with van der Waals surface area (Å²) in [6, 6.07) is 7.54. The molecule has 0 fully saturated rings. The molecule has 3 aromatic rings. The van der Waals surface area contributed by atoms with Crippen LogP contribution in [0.15, 0.2) is 28.7 Å². The summed E-state index contributed by atoms with van der Waals surface area (Å²) in [6.45, 7) is 1.75. The second kappa shape index (κ2) is 5.09. The first-order chi connectivity index (χ1) is 10.0. The maximum Gasteiger partial charge on any atom is 0.260 e. The van der Waals surface area contributed by atoms with Gasteiger partial charge in [-0.2, -0.15) is 0 Å². The summed E-state index contributed by atoms with van der Waals surface area (Å²) in [7, 11) is 0. The molecule has 2 aromatic heterocycles. The fraction of sp³-hybridized carbons (Fsp3) is 0.0714. The van der Waals surface area contributed by atoms with Crippen molar-refractivity contribution in [3.63, 3.8) is 0 Å². The van der Waals surface area contributed by atoms with Crippen LogP contribution in [0, 0.1) is 6.92 Å². The van der Waals surface area contributed by atoms with E-state index in [4.69, 9.17) is 5.73 Å². The predicted octanol–water partition coefficient (Wildman–Crippen LogP) is 3.05. The Morgan fingerprint density at radius 2 is 2.05 bits per heavy atom. The van der Waals surface area contributed by atoms with Gasteiger partial charge in [0.1, 0.15) is 16.3 Å². The van der Waals surface area contributed by atoms with Crippen molar-refractivity contribution in [1.29, 1.82) is 0 Å². The van der Waals surface area contributed by atoms with Gasteiger partial charge in [-0.05, 0) is 19.1 Å². The summed E-state index contributed by atoms with van der Waals surface area (Å²) in [6.07, 6.45) is 0.752. The summed E-state index contributed by atoms with van der Waals surface area (Å²) in [4.78, 5) is 28.4. The van der Waals surface area contributed by atoms with E-state index < -0.39 is 5.91 Å².